The highest BCUT2D eigenvalue weighted by molar-refractivity contribution is 5.83. The third kappa shape index (κ3) is 1.32. The second-order valence-electron chi connectivity index (χ2n) is 1.47. The lowest BCUT2D eigenvalue weighted by Gasteiger charge is -2.06. The summed E-state index contributed by atoms with van der Waals surface area (Å²) in [5.74, 6) is -1.05. The zero-order valence-corrected chi connectivity index (χ0v) is 4.57. The van der Waals surface area contributed by atoms with Gasteiger partial charge in [0.2, 0.25) is 0 Å². The molecule has 0 aromatic rings. The Morgan fingerprint density at radius 3 is 2.67 bits per heavy atom. The van der Waals surface area contributed by atoms with Crippen molar-refractivity contribution in [2.45, 2.75) is 0 Å². The van der Waals surface area contributed by atoms with Gasteiger partial charge in [0, 0.05) is 0 Å². The van der Waals surface area contributed by atoms with Crippen molar-refractivity contribution in [1.82, 2.24) is 0 Å². The second kappa shape index (κ2) is 2.35. The molecule has 0 saturated heterocycles. The van der Waals surface area contributed by atoms with Crippen molar-refractivity contribution in [2.24, 2.45) is 0 Å². The van der Waals surface area contributed by atoms with Crippen molar-refractivity contribution >= 4 is 5.97 Å². The van der Waals surface area contributed by atoms with Gasteiger partial charge in [0.05, 0.1) is 6.26 Å². The molecule has 1 aliphatic heterocycles. The fraction of sp³-hybridized carbons (Fsp3) is 0. The molecule has 47 valence electrons. The molecule has 0 unspecified atom stereocenters. The van der Waals surface area contributed by atoms with Crippen LogP contribution in [0.4, 0.5) is 0 Å². The number of ether oxygens (including phenoxy) is 1. The summed E-state index contributed by atoms with van der Waals surface area (Å²) < 4.78 is 4.59. The third-order valence-electron chi connectivity index (χ3n) is 0.843. The van der Waals surface area contributed by atoms with Crippen LogP contribution in [0.1, 0.15) is 0 Å². The van der Waals surface area contributed by atoms with E-state index in [0.717, 1.165) is 0 Å². The Hall–Kier alpha value is -1.25. The number of carboxylic acids is 1. The highest BCUT2D eigenvalue weighted by Gasteiger charge is 2.16. The van der Waals surface area contributed by atoms with Crippen LogP contribution in [-0.4, -0.2) is 11.1 Å². The maximum Gasteiger partial charge on any atom is 0.357 e. The predicted molar refractivity (Wildman–Crippen MR) is 30.2 cm³/mol. The van der Waals surface area contributed by atoms with Gasteiger partial charge in [0.1, 0.15) is 0 Å². The lowest BCUT2D eigenvalue weighted by molar-refractivity contribution is -0.138. The second-order valence-corrected chi connectivity index (χ2v) is 1.47. The standard InChI is InChI=1S/C6H5O3/c7-6(8)5-3-1-2-4-9-5/h1-4H,(H,7,8). The zero-order valence-electron chi connectivity index (χ0n) is 4.57. The molecule has 9 heavy (non-hydrogen) atoms. The average Bonchev–Trinajstić information content (AvgIpc) is 1.90. The zero-order chi connectivity index (χ0) is 6.69. The molecule has 0 aliphatic carbocycles. The number of aliphatic carboxylic acids is 1. The van der Waals surface area contributed by atoms with E-state index >= 15 is 0 Å². The van der Waals surface area contributed by atoms with E-state index < -0.39 is 5.97 Å². The maximum atomic E-state index is 10.1. The number of allylic oxidation sites excluding steroid dienone is 2. The van der Waals surface area contributed by atoms with Crippen LogP contribution in [0.2, 0.25) is 0 Å². The molecule has 0 amide bonds. The van der Waals surface area contributed by atoms with E-state index in [-0.39, 0.29) is 6.10 Å². The number of rotatable bonds is 1. The van der Waals surface area contributed by atoms with Gasteiger partial charge in [-0.3, -0.25) is 0 Å². The lowest BCUT2D eigenvalue weighted by Crippen LogP contribution is -2.10. The summed E-state index contributed by atoms with van der Waals surface area (Å²) in [5, 5.41) is 8.29. The Bertz CT molecular complexity index is 169. The van der Waals surface area contributed by atoms with Crippen molar-refractivity contribution in [2.75, 3.05) is 0 Å². The van der Waals surface area contributed by atoms with Gasteiger partial charge in [-0.15, -0.1) is 0 Å². The molecule has 1 heterocycles. The largest absolute Gasteiger partial charge is 0.478 e. The van der Waals surface area contributed by atoms with Crippen molar-refractivity contribution in [3.63, 3.8) is 0 Å². The van der Waals surface area contributed by atoms with E-state index in [1.165, 1.54) is 12.3 Å². The van der Waals surface area contributed by atoms with Gasteiger partial charge in [0.25, 0.3) is 6.10 Å². The van der Waals surface area contributed by atoms with Crippen LogP contribution in [0.25, 0.3) is 0 Å². The Morgan fingerprint density at radius 2 is 2.33 bits per heavy atom. The Morgan fingerprint density at radius 1 is 1.56 bits per heavy atom. The minimum Gasteiger partial charge on any atom is -0.478 e. The van der Waals surface area contributed by atoms with Crippen LogP contribution in [-0.2, 0) is 9.53 Å². The molecular weight excluding hydrogens is 120 g/mol. The van der Waals surface area contributed by atoms with Gasteiger partial charge in [-0.1, -0.05) is 6.08 Å². The first-order valence-corrected chi connectivity index (χ1v) is 2.41. The number of hydrogen-bond donors (Lipinski definition) is 1. The molecule has 1 radical (unpaired) electrons. The molecule has 1 rings (SSSR count). The summed E-state index contributed by atoms with van der Waals surface area (Å²) >= 11 is 0. The summed E-state index contributed by atoms with van der Waals surface area (Å²) in [6.07, 6.45) is 5.89. The summed E-state index contributed by atoms with van der Waals surface area (Å²) in [7, 11) is 0. The minimum absolute atomic E-state index is 0.0440. The van der Waals surface area contributed by atoms with E-state index in [9.17, 15) is 4.79 Å². The Labute approximate surface area is 52.2 Å². The molecule has 3 heteroatoms. The topological polar surface area (TPSA) is 46.5 Å². The maximum absolute atomic E-state index is 10.1. The van der Waals surface area contributed by atoms with Gasteiger partial charge in [0.15, 0.2) is 0 Å². The molecule has 0 spiro atoms. The molecule has 1 N–H and O–H groups in total. The number of carbonyl (C=O) groups is 1. The monoisotopic (exact) mass is 125 g/mol. The molecule has 3 nitrogen and oxygen atoms in total. The minimum atomic E-state index is -1.05. The van der Waals surface area contributed by atoms with Gasteiger partial charge in [-0.2, -0.15) is 0 Å². The first-order valence-electron chi connectivity index (χ1n) is 2.41. The van der Waals surface area contributed by atoms with E-state index in [4.69, 9.17) is 5.11 Å². The fourth-order valence-electron chi connectivity index (χ4n) is 0.462. The first kappa shape index (κ1) is 5.88. The smallest absolute Gasteiger partial charge is 0.357 e. The van der Waals surface area contributed by atoms with Crippen molar-refractivity contribution in [1.29, 1.82) is 0 Å². The van der Waals surface area contributed by atoms with Gasteiger partial charge >= 0.3 is 5.97 Å². The van der Waals surface area contributed by atoms with Crippen LogP contribution in [0.15, 0.2) is 24.5 Å². The van der Waals surface area contributed by atoms with Crippen molar-refractivity contribution < 1.29 is 14.6 Å². The molecule has 0 aromatic carbocycles. The van der Waals surface area contributed by atoms with E-state index in [1.54, 1.807) is 12.2 Å². The van der Waals surface area contributed by atoms with Crippen molar-refractivity contribution in [3.05, 3.63) is 30.6 Å². The summed E-state index contributed by atoms with van der Waals surface area (Å²) in [6.45, 7) is 0. The van der Waals surface area contributed by atoms with Crippen LogP contribution in [0.5, 0.6) is 0 Å². The van der Waals surface area contributed by atoms with Gasteiger partial charge in [-0.25, -0.2) is 4.79 Å². The number of carboxylic acid groups (broad SMARTS) is 1. The number of hydrogen-bond acceptors (Lipinski definition) is 2. The SMILES string of the molecule is O=C(O)[C]1C=CC=CO1. The first-order chi connectivity index (χ1) is 4.30. The van der Waals surface area contributed by atoms with Crippen LogP contribution >= 0.6 is 0 Å². The molecule has 1 aliphatic rings. The average molecular weight is 125 g/mol. The molecule has 0 atom stereocenters. The highest BCUT2D eigenvalue weighted by Crippen LogP contribution is 2.09. The molecule has 0 fully saturated rings. The molecule has 0 aromatic heterocycles. The highest BCUT2D eigenvalue weighted by atomic mass is 16.5. The quantitative estimate of drug-likeness (QED) is 0.561. The van der Waals surface area contributed by atoms with E-state index in [0.29, 0.717) is 0 Å². The molecule has 0 saturated carbocycles. The van der Waals surface area contributed by atoms with Crippen molar-refractivity contribution in [3.8, 4) is 0 Å². The Balaban J connectivity index is 2.56. The van der Waals surface area contributed by atoms with Crippen LogP contribution < -0.4 is 0 Å². The van der Waals surface area contributed by atoms with Crippen LogP contribution in [0, 0.1) is 6.10 Å². The van der Waals surface area contributed by atoms with E-state index in [2.05, 4.69) is 4.74 Å². The molecular formula is C6H5O3. The lowest BCUT2D eigenvalue weighted by atomic mass is 10.3. The third-order valence-corrected chi connectivity index (χ3v) is 0.843. The summed E-state index contributed by atoms with van der Waals surface area (Å²) in [5.41, 5.74) is 0. The Kier molecular flexibility index (Phi) is 1.53. The van der Waals surface area contributed by atoms with Gasteiger partial charge < -0.3 is 9.84 Å². The normalized spacial score (nSPS) is 17.3. The van der Waals surface area contributed by atoms with Crippen LogP contribution in [0.3, 0.4) is 0 Å². The molecule has 0 bridgehead atoms. The van der Waals surface area contributed by atoms with E-state index in [1.807, 2.05) is 0 Å². The fourth-order valence-corrected chi connectivity index (χ4v) is 0.462. The van der Waals surface area contributed by atoms with Gasteiger partial charge in [-0.05, 0) is 12.2 Å². The summed E-state index contributed by atoms with van der Waals surface area (Å²) in [6, 6.07) is 0. The predicted octanol–water partition coefficient (Wildman–Crippen LogP) is 0.703. The summed E-state index contributed by atoms with van der Waals surface area (Å²) in [4.78, 5) is 10.1.